The van der Waals surface area contributed by atoms with Crippen molar-refractivity contribution in [3.8, 4) is 5.75 Å². The Morgan fingerprint density at radius 2 is 1.79 bits per heavy atom. The SMILES string of the molecule is CCOc1c(Cl)cc(C2NC(=S)N(CC)C(C)=C2C(=O)c2ccccc2)cc1Cl. The first-order valence-corrected chi connectivity index (χ1v) is 10.6. The van der Waals surface area contributed by atoms with Gasteiger partial charge in [-0.15, -0.1) is 0 Å². The van der Waals surface area contributed by atoms with Crippen LogP contribution in [-0.4, -0.2) is 28.9 Å². The van der Waals surface area contributed by atoms with E-state index in [-0.39, 0.29) is 5.78 Å². The van der Waals surface area contributed by atoms with Gasteiger partial charge in [0.25, 0.3) is 0 Å². The van der Waals surface area contributed by atoms with E-state index in [0.717, 1.165) is 11.3 Å². The third-order valence-electron chi connectivity index (χ3n) is 4.84. The zero-order valence-electron chi connectivity index (χ0n) is 16.5. The van der Waals surface area contributed by atoms with Crippen LogP contribution in [-0.2, 0) is 0 Å². The normalized spacial score (nSPS) is 16.7. The smallest absolute Gasteiger partial charge is 0.193 e. The molecule has 0 aromatic heterocycles. The zero-order chi connectivity index (χ0) is 21.1. The number of thiocarbonyl (C=S) groups is 1. The molecule has 1 heterocycles. The molecular formula is C22H22Cl2N2O2S. The van der Waals surface area contributed by atoms with Crippen molar-refractivity contribution in [1.29, 1.82) is 0 Å². The molecule has 0 bridgehead atoms. The molecule has 0 amide bonds. The maximum atomic E-state index is 13.4. The van der Waals surface area contributed by atoms with Crippen LogP contribution >= 0.6 is 35.4 Å². The quantitative estimate of drug-likeness (QED) is 0.446. The summed E-state index contributed by atoms with van der Waals surface area (Å²) in [6, 6.07) is 12.3. The first kappa shape index (κ1) is 21.6. The zero-order valence-corrected chi connectivity index (χ0v) is 18.8. The summed E-state index contributed by atoms with van der Waals surface area (Å²) in [5, 5.41) is 4.63. The van der Waals surface area contributed by atoms with E-state index in [2.05, 4.69) is 5.32 Å². The van der Waals surface area contributed by atoms with Crippen LogP contribution in [0.1, 0.15) is 42.7 Å². The van der Waals surface area contributed by atoms with Crippen LogP contribution in [0.5, 0.6) is 5.75 Å². The second kappa shape index (κ2) is 9.16. The fourth-order valence-electron chi connectivity index (χ4n) is 3.48. The van der Waals surface area contributed by atoms with Gasteiger partial charge in [0.05, 0.1) is 22.7 Å². The number of halogens is 2. The van der Waals surface area contributed by atoms with E-state index in [1.54, 1.807) is 24.3 Å². The first-order valence-electron chi connectivity index (χ1n) is 9.39. The van der Waals surface area contributed by atoms with Crippen molar-refractivity contribution in [2.75, 3.05) is 13.2 Å². The topological polar surface area (TPSA) is 41.6 Å². The van der Waals surface area contributed by atoms with Crippen molar-refractivity contribution in [3.63, 3.8) is 0 Å². The largest absolute Gasteiger partial charge is 0.491 e. The van der Waals surface area contributed by atoms with Gasteiger partial charge < -0.3 is 15.0 Å². The van der Waals surface area contributed by atoms with Gasteiger partial charge in [-0.2, -0.15) is 0 Å². The summed E-state index contributed by atoms with van der Waals surface area (Å²) in [6.45, 7) is 6.88. The molecule has 1 unspecified atom stereocenters. The molecule has 1 aliphatic rings. The highest BCUT2D eigenvalue weighted by Crippen LogP contribution is 2.39. The Hall–Kier alpha value is -2.08. The number of rotatable bonds is 6. The standard InChI is InChI=1S/C22H22Cl2N2O2S/c1-4-26-13(3)18(20(27)14-9-7-6-8-10-14)19(25-22(26)29)15-11-16(23)21(28-5-2)17(24)12-15/h6-12,19H,4-5H2,1-3H3,(H,25,29). The van der Waals surface area contributed by atoms with Gasteiger partial charge in [-0.1, -0.05) is 53.5 Å². The number of hydrogen-bond acceptors (Lipinski definition) is 3. The molecule has 1 atom stereocenters. The molecule has 0 radical (unpaired) electrons. The second-order valence-electron chi connectivity index (χ2n) is 6.57. The summed E-state index contributed by atoms with van der Waals surface area (Å²) in [4.78, 5) is 15.4. The average Bonchev–Trinajstić information content (AvgIpc) is 2.70. The predicted molar refractivity (Wildman–Crippen MR) is 122 cm³/mol. The Kier molecular flexibility index (Phi) is 6.83. The van der Waals surface area contributed by atoms with Gasteiger partial charge in [0.1, 0.15) is 0 Å². The molecule has 0 saturated heterocycles. The minimum Gasteiger partial charge on any atom is -0.491 e. The van der Waals surface area contributed by atoms with Crippen LogP contribution in [0.25, 0.3) is 0 Å². The number of allylic oxidation sites excluding steroid dienone is 1. The number of nitrogens with zero attached hydrogens (tertiary/aromatic N) is 1. The third kappa shape index (κ3) is 4.27. The number of ether oxygens (including phenoxy) is 1. The summed E-state index contributed by atoms with van der Waals surface area (Å²) in [7, 11) is 0. The maximum Gasteiger partial charge on any atom is 0.193 e. The van der Waals surface area contributed by atoms with Gasteiger partial charge in [0.15, 0.2) is 16.6 Å². The van der Waals surface area contributed by atoms with Crippen molar-refractivity contribution in [1.82, 2.24) is 10.2 Å². The van der Waals surface area contributed by atoms with Crippen LogP contribution in [0.3, 0.4) is 0 Å². The van der Waals surface area contributed by atoms with Crippen LogP contribution in [0.15, 0.2) is 53.7 Å². The number of carbonyl (C=O) groups is 1. The predicted octanol–water partition coefficient (Wildman–Crippen LogP) is 5.80. The lowest BCUT2D eigenvalue weighted by Gasteiger charge is -2.37. The molecule has 3 rings (SSSR count). The van der Waals surface area contributed by atoms with E-state index in [0.29, 0.717) is 45.2 Å². The highest BCUT2D eigenvalue weighted by molar-refractivity contribution is 7.80. The summed E-state index contributed by atoms with van der Waals surface area (Å²) < 4.78 is 5.53. The molecule has 2 aromatic rings. The molecule has 4 nitrogen and oxygen atoms in total. The van der Waals surface area contributed by atoms with Crippen LogP contribution in [0.2, 0.25) is 10.0 Å². The van der Waals surface area contributed by atoms with E-state index >= 15 is 0 Å². The van der Waals surface area contributed by atoms with Gasteiger partial charge in [0, 0.05) is 23.4 Å². The monoisotopic (exact) mass is 448 g/mol. The summed E-state index contributed by atoms with van der Waals surface area (Å²) >= 11 is 18.4. The minimum atomic E-state index is -0.469. The molecule has 0 aliphatic carbocycles. The Balaban J connectivity index is 2.14. The molecule has 0 saturated carbocycles. The Labute approximate surface area is 186 Å². The van der Waals surface area contributed by atoms with Gasteiger partial charge >= 0.3 is 0 Å². The lowest BCUT2D eigenvalue weighted by molar-refractivity contribution is 0.102. The van der Waals surface area contributed by atoms with Crippen molar-refractivity contribution in [2.24, 2.45) is 0 Å². The number of ketones is 1. The Bertz CT molecular complexity index is 953. The molecule has 29 heavy (non-hydrogen) atoms. The first-order chi connectivity index (χ1) is 13.9. The molecule has 0 fully saturated rings. The van der Waals surface area contributed by atoms with Gasteiger partial charge in [0.2, 0.25) is 0 Å². The molecule has 2 aromatic carbocycles. The molecule has 1 aliphatic heterocycles. The molecule has 1 N–H and O–H groups in total. The average molecular weight is 449 g/mol. The van der Waals surface area contributed by atoms with E-state index in [1.807, 2.05) is 43.9 Å². The minimum absolute atomic E-state index is 0.0670. The Morgan fingerprint density at radius 3 is 2.34 bits per heavy atom. The molecule has 152 valence electrons. The number of nitrogens with one attached hydrogen (secondary N) is 1. The number of Topliss-reactive ketones (excluding diaryl/α,β-unsaturated/α-hetero) is 1. The van der Waals surface area contributed by atoms with E-state index in [4.69, 9.17) is 40.2 Å². The molecule has 0 spiro atoms. The maximum absolute atomic E-state index is 13.4. The Morgan fingerprint density at radius 1 is 1.17 bits per heavy atom. The lowest BCUT2D eigenvalue weighted by Crippen LogP contribution is -2.47. The van der Waals surface area contributed by atoms with E-state index in [1.165, 1.54) is 0 Å². The van der Waals surface area contributed by atoms with E-state index < -0.39 is 6.04 Å². The van der Waals surface area contributed by atoms with Crippen molar-refractivity contribution >= 4 is 46.3 Å². The highest BCUT2D eigenvalue weighted by Gasteiger charge is 2.34. The summed E-state index contributed by atoms with van der Waals surface area (Å²) in [6.07, 6.45) is 0. The second-order valence-corrected chi connectivity index (χ2v) is 7.77. The molecule has 7 heteroatoms. The number of hydrogen-bond donors (Lipinski definition) is 1. The highest BCUT2D eigenvalue weighted by atomic mass is 35.5. The fourth-order valence-corrected chi connectivity index (χ4v) is 4.48. The number of benzene rings is 2. The van der Waals surface area contributed by atoms with Gasteiger partial charge in [-0.3, -0.25) is 4.79 Å². The van der Waals surface area contributed by atoms with Crippen molar-refractivity contribution < 1.29 is 9.53 Å². The van der Waals surface area contributed by atoms with Gasteiger partial charge in [-0.25, -0.2) is 0 Å². The van der Waals surface area contributed by atoms with Crippen LogP contribution < -0.4 is 10.1 Å². The van der Waals surface area contributed by atoms with E-state index in [9.17, 15) is 4.79 Å². The third-order valence-corrected chi connectivity index (χ3v) is 5.74. The van der Waals surface area contributed by atoms with Crippen molar-refractivity contribution in [2.45, 2.75) is 26.8 Å². The van der Waals surface area contributed by atoms with Gasteiger partial charge in [-0.05, 0) is 50.7 Å². The summed E-state index contributed by atoms with van der Waals surface area (Å²) in [5.41, 5.74) is 2.79. The fraction of sp³-hybridized carbons (Fsp3) is 0.273. The van der Waals surface area contributed by atoms with Crippen LogP contribution in [0.4, 0.5) is 0 Å². The van der Waals surface area contributed by atoms with Crippen molar-refractivity contribution in [3.05, 3.63) is 74.9 Å². The summed E-state index contributed by atoms with van der Waals surface area (Å²) in [5.74, 6) is 0.368. The van der Waals surface area contributed by atoms with Crippen LogP contribution in [0, 0.1) is 0 Å². The lowest BCUT2D eigenvalue weighted by atomic mass is 9.89. The number of carbonyl (C=O) groups excluding carboxylic acids is 1. The molecular weight excluding hydrogens is 427 g/mol.